The molecule has 0 unspecified atom stereocenters. The fourth-order valence-electron chi connectivity index (χ4n) is 0.932. The van der Waals surface area contributed by atoms with Gasteiger partial charge < -0.3 is 25.5 Å². The van der Waals surface area contributed by atoms with Crippen LogP contribution in [0.5, 0.6) is 0 Å². The predicted molar refractivity (Wildman–Crippen MR) is 46.0 cm³/mol. The van der Waals surface area contributed by atoms with E-state index < -0.39 is 30.3 Å². The van der Waals surface area contributed by atoms with E-state index in [1.54, 1.807) is 0 Å². The molecule has 13 heavy (non-hydrogen) atoms. The highest BCUT2D eigenvalue weighted by atomic mass is 16.4. The molecule has 0 fully saturated rings. The van der Waals surface area contributed by atoms with Crippen LogP contribution in [0.15, 0.2) is 0 Å². The van der Waals surface area contributed by atoms with Crippen LogP contribution in [0.25, 0.3) is 0 Å². The van der Waals surface area contributed by atoms with Gasteiger partial charge >= 0.3 is 0 Å². The molecule has 0 aromatic rings. The first-order chi connectivity index (χ1) is 5.91. The molecule has 5 N–H and O–H groups in total. The van der Waals surface area contributed by atoms with E-state index in [1.807, 2.05) is 0 Å². The molecule has 0 saturated carbocycles. The summed E-state index contributed by atoms with van der Waals surface area (Å²) >= 11 is 0. The van der Waals surface area contributed by atoms with Crippen LogP contribution in [0.1, 0.15) is 13.8 Å². The zero-order valence-corrected chi connectivity index (χ0v) is 7.83. The molecule has 5 nitrogen and oxygen atoms in total. The number of aliphatic hydroxyl groups is 5. The van der Waals surface area contributed by atoms with Crippen LogP contribution in [0, 0.1) is 5.92 Å². The highest BCUT2D eigenvalue weighted by Gasteiger charge is 2.30. The van der Waals surface area contributed by atoms with E-state index in [0.29, 0.717) is 0 Å². The van der Waals surface area contributed by atoms with Crippen molar-refractivity contribution in [2.24, 2.45) is 5.92 Å². The van der Waals surface area contributed by atoms with Gasteiger partial charge in [0, 0.05) is 12.5 Å². The topological polar surface area (TPSA) is 101 Å². The summed E-state index contributed by atoms with van der Waals surface area (Å²) < 4.78 is 0. The summed E-state index contributed by atoms with van der Waals surface area (Å²) in [6.45, 7) is 2.55. The summed E-state index contributed by atoms with van der Waals surface area (Å²) in [5.41, 5.74) is 0. The van der Waals surface area contributed by atoms with Gasteiger partial charge in [0.1, 0.15) is 12.2 Å². The number of rotatable bonds is 5. The van der Waals surface area contributed by atoms with Crippen molar-refractivity contribution in [3.8, 4) is 0 Å². The Kier molecular flexibility index (Phi) is 5.43. The Morgan fingerprint density at radius 2 is 1.31 bits per heavy atom. The van der Waals surface area contributed by atoms with E-state index in [0.717, 1.165) is 0 Å². The standard InChI is InChI=1S/C8H18O5/c1-4(3-9)6(11)8(13)7(12)5(2)10/h4-13H,3H2,1-2H3/t4-,5+,6+,7+,8+/m1/s1. The van der Waals surface area contributed by atoms with Crippen LogP contribution in [0.3, 0.4) is 0 Å². The Hall–Kier alpha value is -0.200. The maximum Gasteiger partial charge on any atom is 0.109 e. The van der Waals surface area contributed by atoms with Crippen molar-refractivity contribution in [1.29, 1.82) is 0 Å². The Balaban J connectivity index is 4.15. The molecule has 0 aliphatic heterocycles. The summed E-state index contributed by atoms with van der Waals surface area (Å²) in [6, 6.07) is 0. The summed E-state index contributed by atoms with van der Waals surface area (Å²) in [5, 5.41) is 45.3. The largest absolute Gasteiger partial charge is 0.396 e. The second-order valence-corrected chi connectivity index (χ2v) is 3.37. The molecule has 0 radical (unpaired) electrons. The van der Waals surface area contributed by atoms with Gasteiger partial charge in [-0.3, -0.25) is 0 Å². The lowest BCUT2D eigenvalue weighted by Crippen LogP contribution is -2.46. The van der Waals surface area contributed by atoms with Crippen LogP contribution >= 0.6 is 0 Å². The minimum Gasteiger partial charge on any atom is -0.396 e. The molecule has 0 spiro atoms. The Morgan fingerprint density at radius 1 is 0.846 bits per heavy atom. The van der Waals surface area contributed by atoms with E-state index in [9.17, 15) is 10.2 Å². The lowest BCUT2D eigenvalue weighted by atomic mass is 9.95. The maximum atomic E-state index is 9.32. The van der Waals surface area contributed by atoms with Crippen molar-refractivity contribution in [3.63, 3.8) is 0 Å². The molecular formula is C8H18O5. The Bertz CT molecular complexity index is 138. The average Bonchev–Trinajstić information content (AvgIpc) is 2.12. The summed E-state index contributed by atoms with van der Waals surface area (Å²) in [4.78, 5) is 0. The summed E-state index contributed by atoms with van der Waals surface area (Å²) in [6.07, 6.45) is -5.20. The molecule has 80 valence electrons. The molecule has 0 saturated heterocycles. The van der Waals surface area contributed by atoms with Crippen LogP contribution in [0.4, 0.5) is 0 Å². The number of hydrogen-bond donors (Lipinski definition) is 5. The van der Waals surface area contributed by atoms with Crippen molar-refractivity contribution in [1.82, 2.24) is 0 Å². The van der Waals surface area contributed by atoms with Gasteiger partial charge in [-0.2, -0.15) is 0 Å². The lowest BCUT2D eigenvalue weighted by molar-refractivity contribution is -0.117. The minimum atomic E-state index is -1.44. The molecule has 5 atom stereocenters. The fraction of sp³-hybridized carbons (Fsp3) is 1.00. The monoisotopic (exact) mass is 194 g/mol. The first kappa shape index (κ1) is 12.8. The highest BCUT2D eigenvalue weighted by Crippen LogP contribution is 2.11. The molecule has 0 rings (SSSR count). The van der Waals surface area contributed by atoms with Crippen molar-refractivity contribution >= 4 is 0 Å². The third-order valence-corrected chi connectivity index (χ3v) is 2.07. The van der Waals surface area contributed by atoms with E-state index in [4.69, 9.17) is 15.3 Å². The van der Waals surface area contributed by atoms with Gasteiger partial charge in [-0.05, 0) is 6.92 Å². The first-order valence-corrected chi connectivity index (χ1v) is 4.25. The Morgan fingerprint density at radius 3 is 1.62 bits per heavy atom. The van der Waals surface area contributed by atoms with Gasteiger partial charge in [0.15, 0.2) is 0 Å². The minimum absolute atomic E-state index is 0.287. The highest BCUT2D eigenvalue weighted by molar-refractivity contribution is 4.81. The Labute approximate surface area is 77.3 Å². The van der Waals surface area contributed by atoms with Crippen molar-refractivity contribution < 1.29 is 25.5 Å². The van der Waals surface area contributed by atoms with Gasteiger partial charge in [-0.1, -0.05) is 6.92 Å². The number of hydrogen-bond acceptors (Lipinski definition) is 5. The summed E-state index contributed by atoms with van der Waals surface area (Å²) in [5.74, 6) is -0.539. The van der Waals surface area contributed by atoms with Crippen molar-refractivity contribution in [2.45, 2.75) is 38.3 Å². The normalized spacial score (nSPS) is 23.3. The molecule has 0 bridgehead atoms. The molecular weight excluding hydrogens is 176 g/mol. The third kappa shape index (κ3) is 3.58. The van der Waals surface area contributed by atoms with Crippen molar-refractivity contribution in [3.05, 3.63) is 0 Å². The zero-order valence-electron chi connectivity index (χ0n) is 7.83. The quantitative estimate of drug-likeness (QED) is 0.351. The van der Waals surface area contributed by atoms with E-state index >= 15 is 0 Å². The van der Waals surface area contributed by atoms with Crippen LogP contribution < -0.4 is 0 Å². The molecule has 0 aliphatic carbocycles. The van der Waals surface area contributed by atoms with Crippen molar-refractivity contribution in [2.75, 3.05) is 6.61 Å². The SMILES string of the molecule is C[C@H](O)[C@H](O)[C@@H](O)[C@@H](O)[C@H](C)CO. The zero-order chi connectivity index (χ0) is 10.6. The molecule has 0 heterocycles. The van der Waals surface area contributed by atoms with Gasteiger partial charge in [-0.15, -0.1) is 0 Å². The van der Waals surface area contributed by atoms with Crippen LogP contribution in [0.2, 0.25) is 0 Å². The average molecular weight is 194 g/mol. The second kappa shape index (κ2) is 5.51. The summed E-state index contributed by atoms with van der Waals surface area (Å²) in [7, 11) is 0. The first-order valence-electron chi connectivity index (χ1n) is 4.25. The van der Waals surface area contributed by atoms with Gasteiger partial charge in [0.25, 0.3) is 0 Å². The van der Waals surface area contributed by atoms with Gasteiger partial charge in [-0.25, -0.2) is 0 Å². The van der Waals surface area contributed by atoms with Gasteiger partial charge in [0.2, 0.25) is 0 Å². The molecule has 0 aromatic heterocycles. The maximum absolute atomic E-state index is 9.32. The predicted octanol–water partition coefficient (Wildman–Crippen LogP) is -1.92. The molecule has 0 amide bonds. The molecule has 5 heteroatoms. The van der Waals surface area contributed by atoms with Crippen LogP contribution in [-0.2, 0) is 0 Å². The number of aliphatic hydroxyl groups excluding tert-OH is 5. The second-order valence-electron chi connectivity index (χ2n) is 3.37. The van der Waals surface area contributed by atoms with E-state index in [2.05, 4.69) is 0 Å². The van der Waals surface area contributed by atoms with Gasteiger partial charge in [0.05, 0.1) is 12.2 Å². The lowest BCUT2D eigenvalue weighted by Gasteiger charge is -2.27. The van der Waals surface area contributed by atoms with Crippen LogP contribution in [-0.4, -0.2) is 56.6 Å². The fourth-order valence-corrected chi connectivity index (χ4v) is 0.932. The molecule has 0 aromatic carbocycles. The van der Waals surface area contributed by atoms with E-state index in [1.165, 1.54) is 13.8 Å². The smallest absolute Gasteiger partial charge is 0.109 e. The van der Waals surface area contributed by atoms with E-state index in [-0.39, 0.29) is 6.61 Å². The third-order valence-electron chi connectivity index (χ3n) is 2.07. The molecule has 0 aliphatic rings.